The van der Waals surface area contributed by atoms with Gasteiger partial charge in [-0.25, -0.2) is 4.98 Å². The second-order valence-corrected chi connectivity index (χ2v) is 7.73. The smallest absolute Gasteiger partial charge is 0.224 e. The molecule has 8 heteroatoms. The van der Waals surface area contributed by atoms with Gasteiger partial charge in [0.15, 0.2) is 5.13 Å². The zero-order valence-corrected chi connectivity index (χ0v) is 16.4. The van der Waals surface area contributed by atoms with Gasteiger partial charge in [-0.2, -0.15) is 0 Å². The number of rotatable bonds is 5. The molecule has 27 heavy (non-hydrogen) atoms. The molecule has 1 aliphatic heterocycles. The van der Waals surface area contributed by atoms with E-state index in [2.05, 4.69) is 15.6 Å². The van der Waals surface area contributed by atoms with Gasteiger partial charge < -0.3 is 15.4 Å². The molecule has 1 amide bonds. The molecule has 3 aromatic rings. The van der Waals surface area contributed by atoms with Gasteiger partial charge >= 0.3 is 0 Å². The Morgan fingerprint density at radius 1 is 1.15 bits per heavy atom. The molecule has 0 atom stereocenters. The van der Waals surface area contributed by atoms with Crippen molar-refractivity contribution in [1.29, 1.82) is 0 Å². The summed E-state index contributed by atoms with van der Waals surface area (Å²) < 4.78 is 5.85. The summed E-state index contributed by atoms with van der Waals surface area (Å²) in [7, 11) is 0. The fourth-order valence-electron chi connectivity index (χ4n) is 2.73. The van der Waals surface area contributed by atoms with E-state index in [9.17, 15) is 4.79 Å². The summed E-state index contributed by atoms with van der Waals surface area (Å²) in [6, 6.07) is 11.0. The van der Waals surface area contributed by atoms with Crippen molar-refractivity contribution in [3.63, 3.8) is 0 Å². The third-order valence-corrected chi connectivity index (χ3v) is 5.63. The SMILES string of the molecule is O=C1CCc2cc(OCc3csc(Nc4ccc(Cl)c(Cl)c4)n3)ccc2N1. The number of nitrogens with zero attached hydrogens (tertiary/aromatic N) is 1. The quantitative estimate of drug-likeness (QED) is 0.559. The van der Waals surface area contributed by atoms with Crippen molar-refractivity contribution < 1.29 is 9.53 Å². The molecule has 138 valence electrons. The van der Waals surface area contributed by atoms with Crippen LogP contribution in [-0.4, -0.2) is 10.9 Å². The normalized spacial score (nSPS) is 13.0. The second kappa shape index (κ2) is 7.76. The molecular weight excluding hydrogens is 405 g/mol. The fourth-order valence-corrected chi connectivity index (χ4v) is 3.75. The highest BCUT2D eigenvalue weighted by molar-refractivity contribution is 7.13. The molecule has 0 bridgehead atoms. The van der Waals surface area contributed by atoms with Crippen LogP contribution in [0.2, 0.25) is 10.0 Å². The fraction of sp³-hybridized carbons (Fsp3) is 0.158. The van der Waals surface area contributed by atoms with Gasteiger partial charge in [0.25, 0.3) is 0 Å². The van der Waals surface area contributed by atoms with Crippen molar-refractivity contribution in [3.05, 3.63) is 63.1 Å². The van der Waals surface area contributed by atoms with Gasteiger partial charge in [0, 0.05) is 23.2 Å². The van der Waals surface area contributed by atoms with Crippen LogP contribution in [-0.2, 0) is 17.8 Å². The number of aryl methyl sites for hydroxylation is 1. The van der Waals surface area contributed by atoms with Crippen LogP contribution < -0.4 is 15.4 Å². The Kier molecular flexibility index (Phi) is 5.20. The molecule has 4 rings (SSSR count). The van der Waals surface area contributed by atoms with Gasteiger partial charge in [-0.3, -0.25) is 4.79 Å². The zero-order chi connectivity index (χ0) is 18.8. The molecule has 2 heterocycles. The molecule has 1 aromatic heterocycles. The molecule has 0 saturated carbocycles. The standard InChI is InChI=1S/C19H15Cl2N3O2S/c20-15-4-2-12(8-16(15)21)22-19-23-13(10-27-19)9-26-14-3-5-17-11(7-14)1-6-18(25)24-17/h2-5,7-8,10H,1,6,9H2,(H,22,23)(H,24,25). The van der Waals surface area contributed by atoms with Crippen LogP contribution in [0.3, 0.4) is 0 Å². The number of fused-ring (bicyclic) bond motifs is 1. The number of ether oxygens (including phenoxy) is 1. The summed E-state index contributed by atoms with van der Waals surface area (Å²) in [6.07, 6.45) is 1.24. The maximum Gasteiger partial charge on any atom is 0.224 e. The first kappa shape index (κ1) is 18.1. The Labute approximate surface area is 170 Å². The van der Waals surface area contributed by atoms with E-state index in [1.807, 2.05) is 29.6 Å². The monoisotopic (exact) mass is 419 g/mol. The first-order chi connectivity index (χ1) is 13.1. The third-order valence-electron chi connectivity index (χ3n) is 4.08. The number of thiazole rings is 1. The van der Waals surface area contributed by atoms with Crippen molar-refractivity contribution in [2.24, 2.45) is 0 Å². The topological polar surface area (TPSA) is 63.2 Å². The maximum absolute atomic E-state index is 11.4. The molecule has 0 saturated heterocycles. The number of nitrogens with one attached hydrogen (secondary N) is 2. The lowest BCUT2D eigenvalue weighted by molar-refractivity contribution is -0.116. The average molecular weight is 420 g/mol. The van der Waals surface area contributed by atoms with E-state index in [1.165, 1.54) is 11.3 Å². The van der Waals surface area contributed by atoms with Gasteiger partial charge in [-0.15, -0.1) is 11.3 Å². The number of carbonyl (C=O) groups is 1. The molecule has 0 fully saturated rings. The Hall–Kier alpha value is -2.28. The molecule has 2 N–H and O–H groups in total. The summed E-state index contributed by atoms with van der Waals surface area (Å²) in [6.45, 7) is 0.366. The van der Waals surface area contributed by atoms with E-state index in [4.69, 9.17) is 27.9 Å². The highest BCUT2D eigenvalue weighted by atomic mass is 35.5. The van der Waals surface area contributed by atoms with E-state index in [1.54, 1.807) is 12.1 Å². The molecule has 2 aromatic carbocycles. The molecule has 1 aliphatic rings. The lowest BCUT2D eigenvalue weighted by Crippen LogP contribution is -2.18. The Bertz CT molecular complexity index is 1010. The predicted octanol–water partition coefficient (Wildman–Crippen LogP) is 5.66. The van der Waals surface area contributed by atoms with Crippen molar-refractivity contribution in [2.45, 2.75) is 19.4 Å². The Morgan fingerprint density at radius 2 is 2.04 bits per heavy atom. The minimum Gasteiger partial charge on any atom is -0.487 e. The largest absolute Gasteiger partial charge is 0.487 e. The average Bonchev–Trinajstić information content (AvgIpc) is 3.10. The predicted molar refractivity (Wildman–Crippen MR) is 110 cm³/mol. The van der Waals surface area contributed by atoms with E-state index >= 15 is 0 Å². The molecule has 0 unspecified atom stereocenters. The van der Waals surface area contributed by atoms with E-state index in [-0.39, 0.29) is 5.91 Å². The van der Waals surface area contributed by atoms with Crippen molar-refractivity contribution in [1.82, 2.24) is 4.98 Å². The molecule has 0 spiro atoms. The number of hydrogen-bond donors (Lipinski definition) is 2. The molecular formula is C19H15Cl2N3O2S. The number of anilines is 3. The van der Waals surface area contributed by atoms with E-state index < -0.39 is 0 Å². The van der Waals surface area contributed by atoms with Crippen LogP contribution in [0.5, 0.6) is 5.75 Å². The number of hydrogen-bond acceptors (Lipinski definition) is 5. The number of amides is 1. The van der Waals surface area contributed by atoms with Crippen LogP contribution in [0.25, 0.3) is 0 Å². The summed E-state index contributed by atoms with van der Waals surface area (Å²) in [5.74, 6) is 0.817. The summed E-state index contributed by atoms with van der Waals surface area (Å²) in [5, 5.41) is 9.77. The van der Waals surface area contributed by atoms with Gasteiger partial charge in [0.05, 0.1) is 15.7 Å². The van der Waals surface area contributed by atoms with Crippen molar-refractivity contribution in [3.8, 4) is 5.75 Å². The van der Waals surface area contributed by atoms with E-state index in [0.717, 1.165) is 39.9 Å². The third kappa shape index (κ3) is 4.35. The van der Waals surface area contributed by atoms with Gasteiger partial charge in [0.1, 0.15) is 12.4 Å². The number of benzene rings is 2. The van der Waals surface area contributed by atoms with Crippen molar-refractivity contribution >= 4 is 57.0 Å². The highest BCUT2D eigenvalue weighted by Gasteiger charge is 2.15. The van der Waals surface area contributed by atoms with Crippen LogP contribution in [0, 0.1) is 0 Å². The Morgan fingerprint density at radius 3 is 2.89 bits per heavy atom. The van der Waals surface area contributed by atoms with Gasteiger partial charge in [0.2, 0.25) is 5.91 Å². The van der Waals surface area contributed by atoms with Crippen molar-refractivity contribution in [2.75, 3.05) is 10.6 Å². The van der Waals surface area contributed by atoms with Crippen LogP contribution in [0.15, 0.2) is 41.8 Å². The second-order valence-electron chi connectivity index (χ2n) is 6.05. The number of halogens is 2. The van der Waals surface area contributed by atoms with Gasteiger partial charge in [-0.1, -0.05) is 23.2 Å². The van der Waals surface area contributed by atoms with Gasteiger partial charge in [-0.05, 0) is 48.4 Å². The first-order valence-electron chi connectivity index (χ1n) is 8.29. The molecule has 0 radical (unpaired) electrons. The Balaban J connectivity index is 1.38. The highest BCUT2D eigenvalue weighted by Crippen LogP contribution is 2.29. The summed E-state index contributed by atoms with van der Waals surface area (Å²) in [4.78, 5) is 15.9. The zero-order valence-electron chi connectivity index (χ0n) is 14.1. The summed E-state index contributed by atoms with van der Waals surface area (Å²) >= 11 is 13.4. The molecule has 0 aliphatic carbocycles. The lowest BCUT2D eigenvalue weighted by Gasteiger charge is -2.17. The van der Waals surface area contributed by atoms with Crippen LogP contribution in [0.1, 0.15) is 17.7 Å². The minimum atomic E-state index is 0.0562. The first-order valence-corrected chi connectivity index (χ1v) is 9.92. The molecule has 5 nitrogen and oxygen atoms in total. The summed E-state index contributed by atoms with van der Waals surface area (Å²) in [5.41, 5.74) is 3.60. The minimum absolute atomic E-state index is 0.0562. The van der Waals surface area contributed by atoms with E-state index in [0.29, 0.717) is 23.1 Å². The lowest BCUT2D eigenvalue weighted by atomic mass is 10.0. The van der Waals surface area contributed by atoms with Crippen LogP contribution in [0.4, 0.5) is 16.5 Å². The maximum atomic E-state index is 11.4. The number of aromatic nitrogens is 1. The van der Waals surface area contributed by atoms with Crippen LogP contribution >= 0.6 is 34.5 Å². The number of carbonyl (C=O) groups excluding carboxylic acids is 1.